The number of anilines is 4. The lowest BCUT2D eigenvalue weighted by Gasteiger charge is -2.36. The molecule has 0 atom stereocenters. The van der Waals surface area contributed by atoms with Crippen LogP contribution < -0.4 is 19.9 Å². The van der Waals surface area contributed by atoms with Gasteiger partial charge in [0.25, 0.3) is 0 Å². The zero-order valence-electron chi connectivity index (χ0n) is 18.2. The molecule has 2 N–H and O–H groups in total. The summed E-state index contributed by atoms with van der Waals surface area (Å²) in [6.45, 7) is 3.51. The number of nitrogens with one attached hydrogen (secondary N) is 2. The smallest absolute Gasteiger partial charge is 0.228 e. The predicted octanol–water partition coefficient (Wildman–Crippen LogP) is 4.65. The highest BCUT2D eigenvalue weighted by molar-refractivity contribution is 7.17. The molecule has 1 aliphatic rings. The highest BCUT2D eigenvalue weighted by atomic mass is 32.1. The van der Waals surface area contributed by atoms with E-state index in [1.807, 2.05) is 30.5 Å². The molecular weight excluding hydrogens is 434 g/mol. The van der Waals surface area contributed by atoms with Crippen LogP contribution in [0, 0.1) is 0 Å². The minimum atomic E-state index is 0.762. The molecule has 0 radical (unpaired) electrons. The number of fused-ring (bicyclic) bond motifs is 2. The molecule has 8 nitrogen and oxygen atoms in total. The number of rotatable bonds is 5. The first-order chi connectivity index (χ1) is 16.3. The van der Waals surface area contributed by atoms with Crippen LogP contribution in [-0.4, -0.2) is 53.5 Å². The fraction of sp³-hybridized carbons (Fsp3) is 0.208. The first-order valence-corrected chi connectivity index (χ1v) is 11.7. The maximum absolute atomic E-state index is 5.38. The molecule has 0 spiro atoms. The normalized spacial score (nSPS) is 14.2. The topological polar surface area (TPSA) is 82.2 Å². The Morgan fingerprint density at radius 1 is 1.00 bits per heavy atom. The van der Waals surface area contributed by atoms with Crippen molar-refractivity contribution in [2.75, 3.05) is 48.4 Å². The fourth-order valence-electron chi connectivity index (χ4n) is 4.21. The second-order valence-electron chi connectivity index (χ2n) is 7.98. The van der Waals surface area contributed by atoms with Gasteiger partial charge >= 0.3 is 0 Å². The van der Waals surface area contributed by atoms with Crippen molar-refractivity contribution in [2.45, 2.75) is 0 Å². The Morgan fingerprint density at radius 2 is 1.88 bits per heavy atom. The van der Waals surface area contributed by atoms with Crippen LogP contribution in [0.5, 0.6) is 5.75 Å². The number of hydrogen-bond acceptors (Lipinski definition) is 8. The van der Waals surface area contributed by atoms with Crippen molar-refractivity contribution < 1.29 is 4.74 Å². The summed E-state index contributed by atoms with van der Waals surface area (Å²) < 4.78 is 6.44. The molecule has 33 heavy (non-hydrogen) atoms. The number of H-pyrrole nitrogens is 1. The van der Waals surface area contributed by atoms with Gasteiger partial charge in [-0.05, 0) is 41.8 Å². The number of thiophene rings is 1. The molecule has 0 saturated carbocycles. The van der Waals surface area contributed by atoms with Crippen molar-refractivity contribution in [3.05, 3.63) is 60.1 Å². The first-order valence-electron chi connectivity index (χ1n) is 10.9. The molecule has 0 aliphatic carbocycles. The quantitative estimate of drug-likeness (QED) is 0.398. The second kappa shape index (κ2) is 8.25. The Balaban J connectivity index is 1.25. The number of benzene rings is 2. The van der Waals surface area contributed by atoms with Crippen LogP contribution in [0.4, 0.5) is 23.1 Å². The van der Waals surface area contributed by atoms with E-state index in [4.69, 9.17) is 14.7 Å². The van der Waals surface area contributed by atoms with Gasteiger partial charge in [-0.1, -0.05) is 6.07 Å². The number of ether oxygens (including phenoxy) is 1. The summed E-state index contributed by atoms with van der Waals surface area (Å²) in [6, 6.07) is 16.4. The molecule has 0 unspecified atom stereocenters. The third kappa shape index (κ3) is 3.80. The second-order valence-corrected chi connectivity index (χ2v) is 8.90. The van der Waals surface area contributed by atoms with Gasteiger partial charge in [-0.25, -0.2) is 4.98 Å². The summed E-state index contributed by atoms with van der Waals surface area (Å²) in [5.74, 6) is 2.48. The molecule has 0 amide bonds. The third-order valence-corrected chi connectivity index (χ3v) is 6.89. The van der Waals surface area contributed by atoms with Gasteiger partial charge in [0.2, 0.25) is 5.95 Å². The summed E-state index contributed by atoms with van der Waals surface area (Å²) in [5.41, 5.74) is 4.14. The van der Waals surface area contributed by atoms with E-state index in [1.165, 1.54) is 5.69 Å². The number of nitrogens with zero attached hydrogens (tertiary/aromatic N) is 5. The highest BCUT2D eigenvalue weighted by Gasteiger charge is 2.21. The van der Waals surface area contributed by atoms with E-state index in [2.05, 4.69) is 55.0 Å². The highest BCUT2D eigenvalue weighted by Crippen LogP contribution is 2.32. The van der Waals surface area contributed by atoms with E-state index in [0.29, 0.717) is 0 Å². The van der Waals surface area contributed by atoms with Crippen LogP contribution in [0.15, 0.2) is 60.1 Å². The Kier molecular flexibility index (Phi) is 4.95. The zero-order chi connectivity index (χ0) is 22.2. The van der Waals surface area contributed by atoms with Gasteiger partial charge in [-0.3, -0.25) is 5.10 Å². The molecular formula is C24H23N7OS. The van der Waals surface area contributed by atoms with E-state index in [0.717, 1.165) is 70.5 Å². The number of methoxy groups -OCH3 is 1. The van der Waals surface area contributed by atoms with Crippen LogP contribution in [-0.2, 0) is 0 Å². The summed E-state index contributed by atoms with van der Waals surface area (Å²) in [4.78, 5) is 14.4. The summed E-state index contributed by atoms with van der Waals surface area (Å²) >= 11 is 1.65. The Labute approximate surface area is 194 Å². The summed E-state index contributed by atoms with van der Waals surface area (Å²) in [6.07, 6.45) is 1.83. The molecule has 5 aromatic rings. The number of aromatic amines is 1. The van der Waals surface area contributed by atoms with Gasteiger partial charge in [-0.2, -0.15) is 10.1 Å². The van der Waals surface area contributed by atoms with Crippen molar-refractivity contribution in [2.24, 2.45) is 0 Å². The van der Waals surface area contributed by atoms with Crippen molar-refractivity contribution in [3.63, 3.8) is 0 Å². The number of aromatic nitrogens is 4. The maximum Gasteiger partial charge on any atom is 0.228 e. The molecule has 4 heterocycles. The third-order valence-electron chi connectivity index (χ3n) is 5.98. The van der Waals surface area contributed by atoms with Gasteiger partial charge in [0, 0.05) is 49.0 Å². The van der Waals surface area contributed by atoms with E-state index in [-0.39, 0.29) is 0 Å². The Morgan fingerprint density at radius 3 is 2.76 bits per heavy atom. The molecule has 166 valence electrons. The molecule has 1 aliphatic heterocycles. The first kappa shape index (κ1) is 19.8. The minimum Gasteiger partial charge on any atom is -0.497 e. The fourth-order valence-corrected chi connectivity index (χ4v) is 4.98. The maximum atomic E-state index is 5.38. The molecule has 9 heteroatoms. The predicted molar refractivity (Wildman–Crippen MR) is 134 cm³/mol. The van der Waals surface area contributed by atoms with E-state index < -0.39 is 0 Å². The van der Waals surface area contributed by atoms with Gasteiger partial charge in [0.1, 0.15) is 5.75 Å². The molecule has 3 aromatic heterocycles. The molecule has 1 saturated heterocycles. The van der Waals surface area contributed by atoms with Crippen molar-refractivity contribution >= 4 is 55.6 Å². The van der Waals surface area contributed by atoms with Crippen LogP contribution in [0.25, 0.3) is 21.1 Å². The largest absolute Gasteiger partial charge is 0.497 e. The summed E-state index contributed by atoms with van der Waals surface area (Å²) in [7, 11) is 1.70. The zero-order valence-corrected chi connectivity index (χ0v) is 19.0. The molecule has 1 fully saturated rings. The van der Waals surface area contributed by atoms with Gasteiger partial charge in [-0.15, -0.1) is 11.3 Å². The average Bonchev–Trinajstić information content (AvgIpc) is 3.53. The number of hydrogen-bond donors (Lipinski definition) is 2. The molecule has 0 bridgehead atoms. The van der Waals surface area contributed by atoms with Gasteiger partial charge < -0.3 is 19.9 Å². The standard InChI is InChI=1S/C24H23N7OS/c1-32-19-4-2-3-18(14-19)30-8-10-31(11-9-30)24-27-21-7-12-33-22(21)23(28-24)26-17-5-6-20-16(13-17)15-25-29-20/h2-7,12-15H,8-11H2,1H3,(H,25,29)(H,26,27,28). The van der Waals surface area contributed by atoms with E-state index >= 15 is 0 Å². The van der Waals surface area contributed by atoms with Crippen LogP contribution in [0.2, 0.25) is 0 Å². The van der Waals surface area contributed by atoms with Gasteiger partial charge in [0.15, 0.2) is 5.82 Å². The van der Waals surface area contributed by atoms with Crippen molar-refractivity contribution in [3.8, 4) is 5.75 Å². The molecule has 6 rings (SSSR count). The van der Waals surface area contributed by atoms with E-state index in [1.54, 1.807) is 18.4 Å². The van der Waals surface area contributed by atoms with Crippen molar-refractivity contribution in [1.29, 1.82) is 0 Å². The Bertz CT molecular complexity index is 1420. The van der Waals surface area contributed by atoms with Crippen molar-refractivity contribution in [1.82, 2.24) is 20.2 Å². The monoisotopic (exact) mass is 457 g/mol. The lowest BCUT2D eigenvalue weighted by Crippen LogP contribution is -2.47. The summed E-state index contributed by atoms with van der Waals surface area (Å²) in [5, 5.41) is 13.7. The SMILES string of the molecule is COc1cccc(N2CCN(c3nc(Nc4ccc5[nH]ncc5c4)c4sccc4n3)CC2)c1. The van der Waals surface area contributed by atoms with Crippen LogP contribution >= 0.6 is 11.3 Å². The van der Waals surface area contributed by atoms with Crippen LogP contribution in [0.1, 0.15) is 0 Å². The van der Waals surface area contributed by atoms with Crippen LogP contribution in [0.3, 0.4) is 0 Å². The number of piperazine rings is 1. The Hall–Kier alpha value is -3.85. The lowest BCUT2D eigenvalue weighted by atomic mass is 10.2. The lowest BCUT2D eigenvalue weighted by molar-refractivity contribution is 0.414. The minimum absolute atomic E-state index is 0.762. The van der Waals surface area contributed by atoms with Gasteiger partial charge in [0.05, 0.1) is 29.0 Å². The van der Waals surface area contributed by atoms with E-state index in [9.17, 15) is 0 Å². The average molecular weight is 458 g/mol. The molecule has 2 aromatic carbocycles.